The lowest BCUT2D eigenvalue weighted by Gasteiger charge is -2.08. The van der Waals surface area contributed by atoms with E-state index in [9.17, 15) is 0 Å². The van der Waals surface area contributed by atoms with Crippen LogP contribution in [0.4, 0.5) is 5.95 Å². The van der Waals surface area contributed by atoms with Gasteiger partial charge < -0.3 is 15.2 Å². The van der Waals surface area contributed by atoms with Gasteiger partial charge in [0.15, 0.2) is 5.75 Å². The number of aromatic nitrogens is 3. The van der Waals surface area contributed by atoms with Crippen molar-refractivity contribution in [3.8, 4) is 17.8 Å². The summed E-state index contributed by atoms with van der Waals surface area (Å²) < 4.78 is 10.7. The first-order valence-electron chi connectivity index (χ1n) is 5.86. The van der Waals surface area contributed by atoms with Crippen molar-refractivity contribution in [1.29, 1.82) is 0 Å². The van der Waals surface area contributed by atoms with Crippen LogP contribution >= 0.6 is 23.2 Å². The number of hydrogen-bond acceptors (Lipinski definition) is 6. The van der Waals surface area contributed by atoms with Gasteiger partial charge in [-0.05, 0) is 18.6 Å². The maximum atomic E-state index is 6.02. The summed E-state index contributed by atoms with van der Waals surface area (Å²) in [5, 5.41) is 0.637. The highest BCUT2D eigenvalue weighted by molar-refractivity contribution is 6.42. The minimum absolute atomic E-state index is 0.000691. The van der Waals surface area contributed by atoms with Crippen LogP contribution in [0.15, 0.2) is 18.2 Å². The van der Waals surface area contributed by atoms with E-state index in [0.29, 0.717) is 17.4 Å². The van der Waals surface area contributed by atoms with Gasteiger partial charge in [0.05, 0.1) is 11.6 Å². The SMILES string of the molecule is CCCOc1nc(N)nc(Oc2cccc(Cl)c2Cl)n1. The van der Waals surface area contributed by atoms with E-state index in [1.807, 2.05) is 6.92 Å². The van der Waals surface area contributed by atoms with Crippen LogP contribution in [0.2, 0.25) is 10.0 Å². The number of rotatable bonds is 5. The van der Waals surface area contributed by atoms with Gasteiger partial charge in [-0.15, -0.1) is 4.98 Å². The van der Waals surface area contributed by atoms with Gasteiger partial charge in [-0.3, -0.25) is 0 Å². The first-order valence-corrected chi connectivity index (χ1v) is 6.62. The molecule has 1 aromatic carbocycles. The van der Waals surface area contributed by atoms with Crippen LogP contribution in [-0.4, -0.2) is 21.6 Å². The number of halogens is 2. The fourth-order valence-electron chi connectivity index (χ4n) is 1.32. The Morgan fingerprint density at radius 2 is 1.90 bits per heavy atom. The quantitative estimate of drug-likeness (QED) is 0.911. The normalized spacial score (nSPS) is 10.3. The lowest BCUT2D eigenvalue weighted by atomic mass is 10.3. The van der Waals surface area contributed by atoms with E-state index in [0.717, 1.165) is 6.42 Å². The van der Waals surface area contributed by atoms with Gasteiger partial charge in [-0.2, -0.15) is 9.97 Å². The standard InChI is InChI=1S/C12H12Cl2N4O2/c1-2-6-19-11-16-10(15)17-12(18-11)20-8-5-3-4-7(13)9(8)14/h3-5H,2,6H2,1H3,(H2,15,16,17,18). The lowest BCUT2D eigenvalue weighted by Crippen LogP contribution is -2.05. The largest absolute Gasteiger partial charge is 0.463 e. The van der Waals surface area contributed by atoms with Crippen LogP contribution in [0.1, 0.15) is 13.3 Å². The summed E-state index contributed by atoms with van der Waals surface area (Å²) in [5.74, 6) is 0.325. The molecule has 0 bridgehead atoms. The molecule has 0 spiro atoms. The fourth-order valence-corrected chi connectivity index (χ4v) is 1.65. The van der Waals surface area contributed by atoms with Gasteiger partial charge in [0.1, 0.15) is 5.02 Å². The molecular weight excluding hydrogens is 303 g/mol. The Bertz CT molecular complexity index is 610. The van der Waals surface area contributed by atoms with Crippen molar-refractivity contribution in [3.05, 3.63) is 28.2 Å². The highest BCUT2D eigenvalue weighted by Crippen LogP contribution is 2.33. The summed E-state index contributed by atoms with van der Waals surface area (Å²) in [4.78, 5) is 11.7. The van der Waals surface area contributed by atoms with Crippen molar-refractivity contribution in [3.63, 3.8) is 0 Å². The zero-order valence-electron chi connectivity index (χ0n) is 10.6. The van der Waals surface area contributed by atoms with Crippen LogP contribution in [-0.2, 0) is 0 Å². The van der Waals surface area contributed by atoms with Crippen molar-refractivity contribution in [2.75, 3.05) is 12.3 Å². The molecule has 0 aliphatic heterocycles. The number of nitrogens with two attached hydrogens (primary N) is 1. The molecule has 106 valence electrons. The van der Waals surface area contributed by atoms with E-state index < -0.39 is 0 Å². The molecule has 0 saturated heterocycles. The topological polar surface area (TPSA) is 83.2 Å². The predicted octanol–water partition coefficient (Wildman–Crippen LogP) is 3.34. The Labute approximate surface area is 125 Å². The number of ether oxygens (including phenoxy) is 2. The average molecular weight is 315 g/mol. The zero-order valence-corrected chi connectivity index (χ0v) is 12.1. The monoisotopic (exact) mass is 314 g/mol. The van der Waals surface area contributed by atoms with E-state index in [1.165, 1.54) is 0 Å². The molecule has 0 amide bonds. The Balaban J connectivity index is 2.24. The number of nitrogen functional groups attached to an aromatic ring is 1. The number of nitrogens with zero attached hydrogens (tertiary/aromatic N) is 3. The fraction of sp³-hybridized carbons (Fsp3) is 0.250. The Hall–Kier alpha value is -1.79. The van der Waals surface area contributed by atoms with E-state index in [4.69, 9.17) is 38.4 Å². The van der Waals surface area contributed by atoms with E-state index >= 15 is 0 Å². The first kappa shape index (κ1) is 14.6. The van der Waals surface area contributed by atoms with Gasteiger partial charge in [-0.25, -0.2) is 0 Å². The Morgan fingerprint density at radius 1 is 1.15 bits per heavy atom. The highest BCUT2D eigenvalue weighted by Gasteiger charge is 2.11. The van der Waals surface area contributed by atoms with Crippen molar-refractivity contribution in [2.24, 2.45) is 0 Å². The second-order valence-corrected chi connectivity index (χ2v) is 4.55. The van der Waals surface area contributed by atoms with Crippen LogP contribution in [0.25, 0.3) is 0 Å². The van der Waals surface area contributed by atoms with Gasteiger partial charge in [0.25, 0.3) is 0 Å². The van der Waals surface area contributed by atoms with E-state index in [-0.39, 0.29) is 23.0 Å². The molecule has 0 fully saturated rings. The van der Waals surface area contributed by atoms with Crippen molar-refractivity contribution < 1.29 is 9.47 Å². The van der Waals surface area contributed by atoms with Crippen LogP contribution in [0.3, 0.4) is 0 Å². The maximum Gasteiger partial charge on any atom is 0.330 e. The molecule has 2 rings (SSSR count). The number of benzene rings is 1. The molecule has 2 N–H and O–H groups in total. The number of hydrogen-bond donors (Lipinski definition) is 1. The molecule has 6 nitrogen and oxygen atoms in total. The molecule has 0 radical (unpaired) electrons. The summed E-state index contributed by atoms with van der Waals surface area (Å²) in [7, 11) is 0. The number of anilines is 1. The van der Waals surface area contributed by atoms with Crippen LogP contribution < -0.4 is 15.2 Å². The van der Waals surface area contributed by atoms with Crippen LogP contribution in [0, 0.1) is 0 Å². The molecule has 0 atom stereocenters. The minimum Gasteiger partial charge on any atom is -0.463 e. The van der Waals surface area contributed by atoms with E-state index in [2.05, 4.69) is 15.0 Å². The summed E-state index contributed by atoms with van der Waals surface area (Å²) in [5.41, 5.74) is 5.57. The molecule has 0 saturated carbocycles. The molecule has 1 aromatic heterocycles. The molecule has 8 heteroatoms. The second-order valence-electron chi connectivity index (χ2n) is 3.76. The molecule has 1 heterocycles. The average Bonchev–Trinajstić information content (AvgIpc) is 2.41. The summed E-state index contributed by atoms with van der Waals surface area (Å²) in [6, 6.07) is 5.08. The summed E-state index contributed by atoms with van der Waals surface area (Å²) in [6.45, 7) is 2.44. The zero-order chi connectivity index (χ0) is 14.5. The molecule has 20 heavy (non-hydrogen) atoms. The molecular formula is C12H12Cl2N4O2. The molecule has 0 unspecified atom stereocenters. The minimum atomic E-state index is -0.00669. The van der Waals surface area contributed by atoms with Crippen molar-refractivity contribution in [2.45, 2.75) is 13.3 Å². The molecule has 2 aromatic rings. The van der Waals surface area contributed by atoms with Crippen LogP contribution in [0.5, 0.6) is 17.8 Å². The Kier molecular flexibility index (Phi) is 4.81. The molecule has 0 aliphatic rings. The third-order valence-electron chi connectivity index (χ3n) is 2.16. The second kappa shape index (κ2) is 6.58. The summed E-state index contributed by atoms with van der Waals surface area (Å²) in [6.07, 6.45) is 0.821. The van der Waals surface area contributed by atoms with Gasteiger partial charge >= 0.3 is 12.0 Å². The van der Waals surface area contributed by atoms with E-state index in [1.54, 1.807) is 18.2 Å². The lowest BCUT2D eigenvalue weighted by molar-refractivity contribution is 0.285. The van der Waals surface area contributed by atoms with Gasteiger partial charge in [-0.1, -0.05) is 36.2 Å². The van der Waals surface area contributed by atoms with Gasteiger partial charge in [0, 0.05) is 0 Å². The van der Waals surface area contributed by atoms with Crippen molar-refractivity contribution >= 4 is 29.2 Å². The smallest absolute Gasteiger partial charge is 0.330 e. The Morgan fingerprint density at radius 3 is 2.65 bits per heavy atom. The molecule has 0 aliphatic carbocycles. The van der Waals surface area contributed by atoms with Crippen molar-refractivity contribution in [1.82, 2.24) is 15.0 Å². The van der Waals surface area contributed by atoms with Gasteiger partial charge in [0.2, 0.25) is 5.95 Å². The summed E-state index contributed by atoms with van der Waals surface area (Å²) >= 11 is 11.9. The predicted molar refractivity (Wildman–Crippen MR) is 76.6 cm³/mol. The third-order valence-corrected chi connectivity index (χ3v) is 2.97. The highest BCUT2D eigenvalue weighted by atomic mass is 35.5. The maximum absolute atomic E-state index is 6.02. The first-order chi connectivity index (χ1) is 9.60. The third kappa shape index (κ3) is 3.61.